The molecule has 5 nitrogen and oxygen atoms in total. The first-order valence-electron chi connectivity index (χ1n) is 8.91. The molecular weight excluding hydrogens is 349 g/mol. The van der Waals surface area contributed by atoms with Gasteiger partial charge in [-0.25, -0.2) is 0 Å². The number of ether oxygens (including phenoxy) is 1. The van der Waals surface area contributed by atoms with Crippen LogP contribution in [0.2, 0.25) is 0 Å². The monoisotopic (exact) mass is 383 g/mol. The Balaban J connectivity index is 0.00000264. The van der Waals surface area contributed by atoms with Crippen molar-refractivity contribution in [1.29, 1.82) is 0 Å². The predicted molar refractivity (Wildman–Crippen MR) is 103 cm³/mol. The van der Waals surface area contributed by atoms with Gasteiger partial charge in [0, 0.05) is 32.7 Å². The molecule has 0 aromatic rings. The number of hydrogen-bond donors (Lipinski definition) is 2. The van der Waals surface area contributed by atoms with Crippen LogP contribution in [0.1, 0.15) is 39.0 Å². The summed E-state index contributed by atoms with van der Waals surface area (Å²) in [6.07, 6.45) is 5.52. The lowest BCUT2D eigenvalue weighted by Crippen LogP contribution is -2.42. The Kier molecular flexibility index (Phi) is 13.1. The second kappa shape index (κ2) is 13.2. The zero-order valence-electron chi connectivity index (χ0n) is 15.1. The van der Waals surface area contributed by atoms with Crippen LogP contribution in [0.4, 0.5) is 0 Å². The van der Waals surface area contributed by atoms with E-state index < -0.39 is 0 Å². The van der Waals surface area contributed by atoms with E-state index in [9.17, 15) is 4.79 Å². The molecule has 144 valence electrons. The molecule has 24 heavy (non-hydrogen) atoms. The molecule has 2 saturated heterocycles. The van der Waals surface area contributed by atoms with E-state index in [0.717, 1.165) is 39.3 Å². The van der Waals surface area contributed by atoms with Gasteiger partial charge >= 0.3 is 0 Å². The quantitative estimate of drug-likeness (QED) is 0.673. The molecule has 0 bridgehead atoms. The minimum Gasteiger partial charge on any atom is -0.383 e. The van der Waals surface area contributed by atoms with Crippen molar-refractivity contribution < 1.29 is 9.53 Å². The number of amides is 1. The van der Waals surface area contributed by atoms with Crippen molar-refractivity contribution in [3.8, 4) is 0 Å². The topological polar surface area (TPSA) is 53.6 Å². The smallest absolute Gasteiger partial charge is 0.220 e. The molecule has 2 unspecified atom stereocenters. The fraction of sp³-hybridized carbons (Fsp3) is 0.941. The maximum Gasteiger partial charge on any atom is 0.220 e. The van der Waals surface area contributed by atoms with Crippen molar-refractivity contribution in [2.75, 3.05) is 46.4 Å². The van der Waals surface area contributed by atoms with Crippen LogP contribution < -0.4 is 10.6 Å². The highest BCUT2D eigenvalue weighted by Crippen LogP contribution is 2.24. The second-order valence-corrected chi connectivity index (χ2v) is 6.90. The Morgan fingerprint density at radius 1 is 1.29 bits per heavy atom. The Bertz CT molecular complexity index is 342. The van der Waals surface area contributed by atoms with E-state index in [1.807, 2.05) is 0 Å². The Morgan fingerprint density at radius 3 is 2.67 bits per heavy atom. The first-order valence-corrected chi connectivity index (χ1v) is 8.91. The van der Waals surface area contributed by atoms with Gasteiger partial charge in [0.15, 0.2) is 0 Å². The fourth-order valence-electron chi connectivity index (χ4n) is 3.81. The van der Waals surface area contributed by atoms with E-state index in [-0.39, 0.29) is 30.7 Å². The molecule has 2 atom stereocenters. The number of carbonyl (C=O) groups excluding carboxylic acids is 1. The molecule has 0 aromatic heterocycles. The largest absolute Gasteiger partial charge is 0.383 e. The lowest BCUT2D eigenvalue weighted by Gasteiger charge is -2.28. The molecule has 2 rings (SSSR count). The molecule has 0 saturated carbocycles. The van der Waals surface area contributed by atoms with E-state index in [0.29, 0.717) is 24.3 Å². The summed E-state index contributed by atoms with van der Waals surface area (Å²) in [6, 6.07) is 0.494. The SMILES string of the molecule is COCCN1CCCC1CNC(=O)CC(C)C1CCNCC1.Cl.Cl. The number of piperidine rings is 1. The molecule has 0 radical (unpaired) electrons. The van der Waals surface area contributed by atoms with E-state index >= 15 is 0 Å². The van der Waals surface area contributed by atoms with Gasteiger partial charge in [0.25, 0.3) is 0 Å². The number of methoxy groups -OCH3 is 1. The maximum absolute atomic E-state index is 12.2. The molecule has 1 amide bonds. The third-order valence-corrected chi connectivity index (χ3v) is 5.31. The first-order chi connectivity index (χ1) is 10.7. The van der Waals surface area contributed by atoms with Gasteiger partial charge < -0.3 is 15.4 Å². The maximum atomic E-state index is 12.2. The van der Waals surface area contributed by atoms with E-state index in [4.69, 9.17) is 4.74 Å². The highest BCUT2D eigenvalue weighted by molar-refractivity contribution is 5.85. The van der Waals surface area contributed by atoms with Crippen LogP contribution in [-0.2, 0) is 9.53 Å². The Morgan fingerprint density at radius 2 is 2.00 bits per heavy atom. The average molecular weight is 384 g/mol. The second-order valence-electron chi connectivity index (χ2n) is 6.90. The van der Waals surface area contributed by atoms with Crippen molar-refractivity contribution in [1.82, 2.24) is 15.5 Å². The summed E-state index contributed by atoms with van der Waals surface area (Å²) in [4.78, 5) is 14.6. The summed E-state index contributed by atoms with van der Waals surface area (Å²) in [5, 5.41) is 6.55. The standard InChI is InChI=1S/C17H33N3O2.2ClH/c1-14(15-5-7-18-8-6-15)12-17(21)19-13-16-4-3-9-20(16)10-11-22-2;;/h14-16,18H,3-13H2,1-2H3,(H,19,21);2*1H. The zero-order valence-corrected chi connectivity index (χ0v) is 16.7. The van der Waals surface area contributed by atoms with Gasteiger partial charge in [-0.15, -0.1) is 24.8 Å². The molecule has 2 N–H and O–H groups in total. The molecular formula is C17H35Cl2N3O2. The normalized spacial score (nSPS) is 23.2. The van der Waals surface area contributed by atoms with Crippen molar-refractivity contribution in [3.05, 3.63) is 0 Å². The lowest BCUT2D eigenvalue weighted by atomic mass is 9.84. The number of nitrogens with one attached hydrogen (secondary N) is 2. The van der Waals surface area contributed by atoms with Gasteiger partial charge in [-0.05, 0) is 57.2 Å². The van der Waals surface area contributed by atoms with Gasteiger partial charge in [-0.1, -0.05) is 6.92 Å². The summed E-state index contributed by atoms with van der Waals surface area (Å²) in [5.41, 5.74) is 0. The van der Waals surface area contributed by atoms with Crippen molar-refractivity contribution in [3.63, 3.8) is 0 Å². The summed E-state index contributed by atoms with van der Waals surface area (Å²) >= 11 is 0. The van der Waals surface area contributed by atoms with Crippen LogP contribution >= 0.6 is 24.8 Å². The molecule has 2 aliphatic rings. The molecule has 2 aliphatic heterocycles. The van der Waals surface area contributed by atoms with E-state index in [2.05, 4.69) is 22.5 Å². The molecule has 7 heteroatoms. The van der Waals surface area contributed by atoms with Crippen LogP contribution in [0.25, 0.3) is 0 Å². The fourth-order valence-corrected chi connectivity index (χ4v) is 3.81. The van der Waals surface area contributed by atoms with Crippen LogP contribution in [0, 0.1) is 11.8 Å². The van der Waals surface area contributed by atoms with Gasteiger partial charge in [0.1, 0.15) is 0 Å². The number of nitrogens with zero attached hydrogens (tertiary/aromatic N) is 1. The summed E-state index contributed by atoms with van der Waals surface area (Å²) in [5.74, 6) is 1.43. The molecule has 2 fully saturated rings. The summed E-state index contributed by atoms with van der Waals surface area (Å²) in [7, 11) is 1.75. The number of likely N-dealkylation sites (tertiary alicyclic amines) is 1. The summed E-state index contributed by atoms with van der Waals surface area (Å²) in [6.45, 7) is 8.12. The van der Waals surface area contributed by atoms with Crippen molar-refractivity contribution in [2.24, 2.45) is 11.8 Å². The Labute approximate surface area is 159 Å². The van der Waals surface area contributed by atoms with Gasteiger partial charge in [0.2, 0.25) is 5.91 Å². The Hall–Kier alpha value is -0.0700. The number of hydrogen-bond acceptors (Lipinski definition) is 4. The number of carbonyl (C=O) groups is 1. The predicted octanol–water partition coefficient (Wildman–Crippen LogP) is 2.08. The summed E-state index contributed by atoms with van der Waals surface area (Å²) < 4.78 is 5.16. The molecule has 0 aromatic carbocycles. The van der Waals surface area contributed by atoms with Crippen molar-refractivity contribution >= 4 is 30.7 Å². The van der Waals surface area contributed by atoms with Crippen LogP contribution in [0.5, 0.6) is 0 Å². The van der Waals surface area contributed by atoms with Crippen LogP contribution in [0.3, 0.4) is 0 Å². The molecule has 0 aliphatic carbocycles. The minimum absolute atomic E-state index is 0. The van der Waals surface area contributed by atoms with Gasteiger partial charge in [0.05, 0.1) is 6.61 Å². The number of halogens is 2. The van der Waals surface area contributed by atoms with E-state index in [1.165, 1.54) is 25.7 Å². The van der Waals surface area contributed by atoms with Crippen LogP contribution in [0.15, 0.2) is 0 Å². The molecule has 2 heterocycles. The highest BCUT2D eigenvalue weighted by Gasteiger charge is 2.25. The lowest BCUT2D eigenvalue weighted by molar-refractivity contribution is -0.122. The van der Waals surface area contributed by atoms with E-state index in [1.54, 1.807) is 7.11 Å². The third-order valence-electron chi connectivity index (χ3n) is 5.31. The van der Waals surface area contributed by atoms with Gasteiger partial charge in [-0.3, -0.25) is 9.69 Å². The minimum atomic E-state index is 0. The molecule has 0 spiro atoms. The van der Waals surface area contributed by atoms with Crippen molar-refractivity contribution in [2.45, 2.75) is 45.1 Å². The zero-order chi connectivity index (χ0) is 15.8. The first kappa shape index (κ1) is 23.9. The average Bonchev–Trinajstić information content (AvgIpc) is 2.99. The van der Waals surface area contributed by atoms with Crippen LogP contribution in [-0.4, -0.2) is 63.3 Å². The third kappa shape index (κ3) is 7.87. The number of rotatable bonds is 8. The highest BCUT2D eigenvalue weighted by atomic mass is 35.5. The van der Waals surface area contributed by atoms with Gasteiger partial charge in [-0.2, -0.15) is 0 Å².